The summed E-state index contributed by atoms with van der Waals surface area (Å²) in [7, 11) is -1.94. The van der Waals surface area contributed by atoms with E-state index in [-0.39, 0.29) is 10.6 Å². The van der Waals surface area contributed by atoms with Crippen LogP contribution in [0.5, 0.6) is 0 Å². The lowest BCUT2D eigenvalue weighted by atomic mass is 10.1. The van der Waals surface area contributed by atoms with Gasteiger partial charge in [-0.2, -0.15) is 0 Å². The van der Waals surface area contributed by atoms with Crippen molar-refractivity contribution in [2.75, 3.05) is 0 Å². The molecule has 7 heteroatoms. The van der Waals surface area contributed by atoms with Crippen molar-refractivity contribution in [3.05, 3.63) is 70.3 Å². The summed E-state index contributed by atoms with van der Waals surface area (Å²) >= 11 is 0. The van der Waals surface area contributed by atoms with Crippen molar-refractivity contribution >= 4 is 25.0 Å². The van der Waals surface area contributed by atoms with Crippen LogP contribution < -0.4 is 5.56 Å². The van der Waals surface area contributed by atoms with E-state index in [9.17, 15) is 4.79 Å². The molecule has 0 aliphatic rings. The molecular weight excluding hydrogens is 392 g/mol. The first-order valence-electron chi connectivity index (χ1n) is 10.2. The topological polar surface area (TPSA) is 61.4 Å². The lowest BCUT2D eigenvalue weighted by molar-refractivity contribution is 0.276. The fourth-order valence-corrected chi connectivity index (χ4v) is 4.33. The summed E-state index contributed by atoms with van der Waals surface area (Å²) in [5.41, 5.74) is 2.45. The van der Waals surface area contributed by atoms with Crippen LogP contribution in [0.1, 0.15) is 32.2 Å². The van der Waals surface area contributed by atoms with E-state index < -0.39 is 8.32 Å². The average Bonchev–Trinajstić information content (AvgIpc) is 3.08. The SMILES string of the molecule is Cc1nnc2n(-c3ccccc3CO[Si](C)(C)C(C)(C)C)c(=O)c3ccccc3n12. The van der Waals surface area contributed by atoms with Gasteiger partial charge in [0.25, 0.3) is 5.56 Å². The summed E-state index contributed by atoms with van der Waals surface area (Å²) in [5, 5.41) is 9.33. The number of fused-ring (bicyclic) bond motifs is 3. The van der Waals surface area contributed by atoms with Gasteiger partial charge in [-0.1, -0.05) is 51.1 Å². The van der Waals surface area contributed by atoms with Gasteiger partial charge in [0, 0.05) is 5.56 Å². The first kappa shape index (κ1) is 20.5. The van der Waals surface area contributed by atoms with Gasteiger partial charge in [0.1, 0.15) is 5.82 Å². The monoisotopic (exact) mass is 420 g/mol. The van der Waals surface area contributed by atoms with E-state index in [1.165, 1.54) is 0 Å². The van der Waals surface area contributed by atoms with Crippen molar-refractivity contribution < 1.29 is 4.43 Å². The molecule has 2 heterocycles. The molecule has 0 fully saturated rings. The van der Waals surface area contributed by atoms with Crippen LogP contribution >= 0.6 is 0 Å². The molecule has 0 saturated heterocycles. The van der Waals surface area contributed by atoms with E-state index in [1.54, 1.807) is 4.57 Å². The van der Waals surface area contributed by atoms with E-state index in [1.807, 2.05) is 59.9 Å². The number of rotatable bonds is 4. The van der Waals surface area contributed by atoms with Crippen molar-refractivity contribution in [3.63, 3.8) is 0 Å². The Morgan fingerprint density at radius 3 is 2.40 bits per heavy atom. The zero-order chi connectivity index (χ0) is 21.7. The minimum Gasteiger partial charge on any atom is -0.412 e. The number of hydrogen-bond acceptors (Lipinski definition) is 4. The predicted octanol–water partition coefficient (Wildman–Crippen LogP) is 4.86. The normalized spacial score (nSPS) is 12.7. The molecule has 6 nitrogen and oxygen atoms in total. The van der Waals surface area contributed by atoms with Crippen LogP contribution in [0.15, 0.2) is 53.3 Å². The number of nitrogens with zero attached hydrogens (tertiary/aromatic N) is 4. The second-order valence-electron chi connectivity index (χ2n) is 9.22. The van der Waals surface area contributed by atoms with E-state index in [0.29, 0.717) is 17.8 Å². The molecule has 4 aromatic rings. The average molecular weight is 421 g/mol. The molecule has 30 heavy (non-hydrogen) atoms. The van der Waals surface area contributed by atoms with Crippen molar-refractivity contribution in [2.24, 2.45) is 0 Å². The quantitative estimate of drug-likeness (QED) is 0.442. The van der Waals surface area contributed by atoms with Gasteiger partial charge in [-0.15, -0.1) is 10.2 Å². The van der Waals surface area contributed by atoms with Gasteiger partial charge in [0.2, 0.25) is 5.78 Å². The van der Waals surface area contributed by atoms with Crippen molar-refractivity contribution in [1.29, 1.82) is 0 Å². The molecule has 0 aliphatic carbocycles. The molecule has 0 bridgehead atoms. The smallest absolute Gasteiger partial charge is 0.267 e. The fraction of sp³-hybridized carbons (Fsp3) is 0.348. The fourth-order valence-electron chi connectivity index (χ4n) is 3.38. The second kappa shape index (κ2) is 7.18. The van der Waals surface area contributed by atoms with Gasteiger partial charge in [-0.05, 0) is 43.3 Å². The van der Waals surface area contributed by atoms with Crippen LogP contribution in [-0.2, 0) is 11.0 Å². The Labute approximate surface area is 177 Å². The third-order valence-electron chi connectivity index (χ3n) is 6.21. The summed E-state index contributed by atoms with van der Waals surface area (Å²) in [4.78, 5) is 13.5. The number of hydrogen-bond donors (Lipinski definition) is 0. The van der Waals surface area contributed by atoms with Crippen molar-refractivity contribution in [3.8, 4) is 5.69 Å². The van der Waals surface area contributed by atoms with Crippen LogP contribution in [0, 0.1) is 6.92 Å². The second-order valence-corrected chi connectivity index (χ2v) is 14.0. The lowest BCUT2D eigenvalue weighted by Crippen LogP contribution is -2.40. The number of para-hydroxylation sites is 2. The molecule has 0 aliphatic heterocycles. The van der Waals surface area contributed by atoms with Crippen LogP contribution in [0.4, 0.5) is 0 Å². The number of benzene rings is 2. The lowest BCUT2D eigenvalue weighted by Gasteiger charge is -2.36. The molecule has 0 saturated carbocycles. The summed E-state index contributed by atoms with van der Waals surface area (Å²) in [6.45, 7) is 13.5. The van der Waals surface area contributed by atoms with Gasteiger partial charge in [0.15, 0.2) is 8.32 Å². The van der Waals surface area contributed by atoms with Crippen LogP contribution in [0.3, 0.4) is 0 Å². The molecule has 0 radical (unpaired) electrons. The van der Waals surface area contributed by atoms with Gasteiger partial charge >= 0.3 is 0 Å². The van der Waals surface area contributed by atoms with Gasteiger partial charge in [-0.25, -0.2) is 4.57 Å². The highest BCUT2D eigenvalue weighted by Crippen LogP contribution is 2.37. The largest absolute Gasteiger partial charge is 0.412 e. The molecule has 0 N–H and O–H groups in total. The minimum atomic E-state index is -1.94. The first-order valence-corrected chi connectivity index (χ1v) is 13.1. The van der Waals surface area contributed by atoms with Gasteiger partial charge in [0.05, 0.1) is 23.2 Å². The number of aryl methyl sites for hydroxylation is 1. The maximum atomic E-state index is 13.5. The maximum absolute atomic E-state index is 13.5. The Hall–Kier alpha value is -2.77. The summed E-state index contributed by atoms with van der Waals surface area (Å²) < 4.78 is 10.1. The van der Waals surface area contributed by atoms with Crippen LogP contribution in [0.2, 0.25) is 18.1 Å². The summed E-state index contributed by atoms with van der Waals surface area (Å²) in [5.74, 6) is 1.25. The van der Waals surface area contributed by atoms with E-state index in [4.69, 9.17) is 4.43 Å². The number of aromatic nitrogens is 4. The van der Waals surface area contributed by atoms with E-state index in [0.717, 1.165) is 22.6 Å². The Kier molecular flexibility index (Phi) is 4.90. The predicted molar refractivity (Wildman–Crippen MR) is 123 cm³/mol. The van der Waals surface area contributed by atoms with E-state index >= 15 is 0 Å². The third kappa shape index (κ3) is 3.28. The molecule has 4 rings (SSSR count). The molecule has 0 unspecified atom stereocenters. The molecule has 2 aromatic heterocycles. The van der Waals surface area contributed by atoms with Crippen molar-refractivity contribution in [2.45, 2.75) is 52.4 Å². The van der Waals surface area contributed by atoms with Gasteiger partial charge in [-0.3, -0.25) is 9.20 Å². The highest BCUT2D eigenvalue weighted by Gasteiger charge is 2.37. The Morgan fingerprint density at radius 2 is 1.67 bits per heavy atom. The van der Waals surface area contributed by atoms with E-state index in [2.05, 4.69) is 44.1 Å². The molecule has 156 valence electrons. The van der Waals surface area contributed by atoms with Crippen LogP contribution in [0.25, 0.3) is 22.4 Å². The highest BCUT2D eigenvalue weighted by molar-refractivity contribution is 6.74. The van der Waals surface area contributed by atoms with Gasteiger partial charge < -0.3 is 4.43 Å². The zero-order valence-electron chi connectivity index (χ0n) is 18.4. The Morgan fingerprint density at radius 1 is 1.00 bits per heavy atom. The maximum Gasteiger partial charge on any atom is 0.267 e. The molecule has 0 spiro atoms. The molecule has 0 amide bonds. The van der Waals surface area contributed by atoms with Crippen molar-refractivity contribution in [1.82, 2.24) is 19.2 Å². The Bertz CT molecular complexity index is 1300. The van der Waals surface area contributed by atoms with Crippen LogP contribution in [-0.4, -0.2) is 27.5 Å². The zero-order valence-corrected chi connectivity index (χ0v) is 19.4. The molecular formula is C23H28N4O2Si. The molecule has 2 aromatic carbocycles. The summed E-state index contributed by atoms with van der Waals surface area (Å²) in [6, 6.07) is 15.5. The molecule has 0 atom stereocenters. The first-order chi connectivity index (χ1) is 14.1. The third-order valence-corrected chi connectivity index (χ3v) is 10.7. The highest BCUT2D eigenvalue weighted by atomic mass is 28.4. The summed E-state index contributed by atoms with van der Waals surface area (Å²) in [6.07, 6.45) is 0. The Balaban J connectivity index is 1.92. The minimum absolute atomic E-state index is 0.106. The standard InChI is InChI=1S/C23H28N4O2Si/c1-16-24-25-22-26(16)20-14-10-8-12-18(20)21(28)27(22)19-13-9-7-11-17(19)15-29-30(5,6)23(2,3)4/h7-14H,15H2,1-6H3.